The number of hydrogen-bond donors (Lipinski definition) is 0. The van der Waals surface area contributed by atoms with E-state index in [4.69, 9.17) is 9.15 Å². The molecule has 26 heavy (non-hydrogen) atoms. The average molecular weight is 373 g/mol. The molecule has 1 fully saturated rings. The maximum absolute atomic E-state index is 12.8. The maximum atomic E-state index is 12.8. The lowest BCUT2D eigenvalue weighted by Crippen LogP contribution is -2.42. The third kappa shape index (κ3) is 4.19. The van der Waals surface area contributed by atoms with Crippen molar-refractivity contribution < 1.29 is 18.7 Å². The normalized spacial score (nSPS) is 17.3. The van der Waals surface area contributed by atoms with Gasteiger partial charge in [-0.05, 0) is 43.4 Å². The number of rotatable bonds is 6. The van der Waals surface area contributed by atoms with Gasteiger partial charge < -0.3 is 14.1 Å². The van der Waals surface area contributed by atoms with E-state index in [1.54, 1.807) is 35.9 Å². The number of benzene rings is 1. The predicted molar refractivity (Wildman–Crippen MR) is 101 cm³/mol. The number of carbonyl (C=O) groups is 2. The van der Waals surface area contributed by atoms with Gasteiger partial charge in [-0.15, -0.1) is 11.8 Å². The minimum absolute atomic E-state index is 0.106. The number of piperidine rings is 1. The van der Waals surface area contributed by atoms with Crippen molar-refractivity contribution in [3.63, 3.8) is 0 Å². The van der Waals surface area contributed by atoms with Crippen LogP contribution in [0.25, 0.3) is 0 Å². The van der Waals surface area contributed by atoms with E-state index in [0.717, 1.165) is 17.7 Å². The molecule has 0 bridgehead atoms. The van der Waals surface area contributed by atoms with Crippen LogP contribution < -0.4 is 0 Å². The highest BCUT2D eigenvalue weighted by Crippen LogP contribution is 2.24. The van der Waals surface area contributed by atoms with Crippen LogP contribution >= 0.6 is 11.8 Å². The summed E-state index contributed by atoms with van der Waals surface area (Å²) in [5.74, 6) is 0.697. The fourth-order valence-corrected chi connectivity index (χ4v) is 3.64. The first-order chi connectivity index (χ1) is 12.6. The molecule has 1 saturated heterocycles. The van der Waals surface area contributed by atoms with E-state index >= 15 is 0 Å². The molecule has 0 spiro atoms. The number of methoxy groups -OCH3 is 1. The summed E-state index contributed by atoms with van der Waals surface area (Å²) < 4.78 is 10.6. The third-order valence-electron chi connectivity index (χ3n) is 4.61. The summed E-state index contributed by atoms with van der Waals surface area (Å²) in [4.78, 5) is 28.3. The molecule has 0 saturated carbocycles. The van der Waals surface area contributed by atoms with Gasteiger partial charge in [-0.3, -0.25) is 9.59 Å². The second kappa shape index (κ2) is 8.56. The van der Waals surface area contributed by atoms with Gasteiger partial charge in [0.1, 0.15) is 12.4 Å². The number of hydrogen-bond acceptors (Lipinski definition) is 5. The van der Waals surface area contributed by atoms with Crippen LogP contribution in [-0.4, -0.2) is 43.0 Å². The molecule has 1 aromatic heterocycles. The number of likely N-dealkylation sites (tertiary alicyclic amines) is 1. The van der Waals surface area contributed by atoms with Gasteiger partial charge in [-0.1, -0.05) is 12.1 Å². The zero-order valence-corrected chi connectivity index (χ0v) is 15.9. The minimum Gasteiger partial charge on any atom is -0.453 e. The molecule has 1 aromatic carbocycles. The van der Waals surface area contributed by atoms with E-state index < -0.39 is 0 Å². The number of furan rings is 1. The number of carbonyl (C=O) groups excluding carboxylic acids is 2. The summed E-state index contributed by atoms with van der Waals surface area (Å²) in [6.07, 6.45) is 3.63. The van der Waals surface area contributed by atoms with E-state index in [1.165, 1.54) is 0 Å². The molecule has 5 nitrogen and oxygen atoms in total. The van der Waals surface area contributed by atoms with E-state index in [-0.39, 0.29) is 17.6 Å². The van der Waals surface area contributed by atoms with Crippen molar-refractivity contribution >= 4 is 23.5 Å². The Bertz CT molecular complexity index is 768. The second-order valence-corrected chi connectivity index (χ2v) is 7.26. The molecule has 1 aliphatic rings. The number of ether oxygens (including phenoxy) is 1. The van der Waals surface area contributed by atoms with Gasteiger partial charge in [-0.2, -0.15) is 0 Å². The van der Waals surface area contributed by atoms with E-state index in [0.29, 0.717) is 36.8 Å². The molecular formula is C20H23NO4S. The van der Waals surface area contributed by atoms with Crippen LogP contribution in [0, 0.1) is 5.92 Å². The molecule has 138 valence electrons. The van der Waals surface area contributed by atoms with Gasteiger partial charge in [0.25, 0.3) is 5.91 Å². The molecular weight excluding hydrogens is 350 g/mol. The maximum Gasteiger partial charge on any atom is 0.289 e. The van der Waals surface area contributed by atoms with Gasteiger partial charge in [0.2, 0.25) is 0 Å². The Morgan fingerprint density at radius 2 is 2.00 bits per heavy atom. The molecule has 0 N–H and O–H groups in total. The van der Waals surface area contributed by atoms with Crippen molar-refractivity contribution in [3.05, 3.63) is 53.5 Å². The fraction of sp³-hybridized carbons (Fsp3) is 0.400. The van der Waals surface area contributed by atoms with Crippen LogP contribution in [0.3, 0.4) is 0 Å². The summed E-state index contributed by atoms with van der Waals surface area (Å²) >= 11 is 1.65. The van der Waals surface area contributed by atoms with Crippen molar-refractivity contribution in [2.45, 2.75) is 24.3 Å². The average Bonchev–Trinajstić information content (AvgIpc) is 3.16. The fourth-order valence-electron chi connectivity index (χ4n) is 3.24. The molecule has 0 aliphatic carbocycles. The van der Waals surface area contributed by atoms with Crippen LogP contribution in [0.4, 0.5) is 0 Å². The Labute approximate surface area is 157 Å². The summed E-state index contributed by atoms with van der Waals surface area (Å²) in [5.41, 5.74) is 0.711. The largest absolute Gasteiger partial charge is 0.453 e. The quantitative estimate of drug-likeness (QED) is 0.568. The van der Waals surface area contributed by atoms with Crippen LogP contribution in [0.5, 0.6) is 0 Å². The van der Waals surface area contributed by atoms with Crippen molar-refractivity contribution in [1.82, 2.24) is 4.90 Å². The van der Waals surface area contributed by atoms with Crippen LogP contribution in [0.2, 0.25) is 0 Å². The van der Waals surface area contributed by atoms with Crippen LogP contribution in [0.1, 0.15) is 39.5 Å². The predicted octanol–water partition coefficient (Wildman–Crippen LogP) is 3.88. The summed E-state index contributed by atoms with van der Waals surface area (Å²) in [5, 5.41) is 0. The SMILES string of the molecule is COCc1ccc(C(=O)N2CCC[C@@H](C(=O)c3ccc(SC)cc3)C2)o1. The van der Waals surface area contributed by atoms with Crippen LogP contribution in [0.15, 0.2) is 45.7 Å². The molecule has 3 rings (SSSR count). The molecule has 1 aliphatic heterocycles. The van der Waals surface area contributed by atoms with Gasteiger partial charge in [0.05, 0.1) is 0 Å². The minimum atomic E-state index is -0.166. The summed E-state index contributed by atoms with van der Waals surface area (Å²) in [6.45, 7) is 1.41. The van der Waals surface area contributed by atoms with Crippen molar-refractivity contribution in [2.24, 2.45) is 5.92 Å². The van der Waals surface area contributed by atoms with Gasteiger partial charge >= 0.3 is 0 Å². The number of nitrogens with zero attached hydrogens (tertiary/aromatic N) is 1. The molecule has 0 radical (unpaired) electrons. The number of amides is 1. The van der Waals surface area contributed by atoms with Gasteiger partial charge in [0, 0.05) is 36.6 Å². The Balaban J connectivity index is 1.67. The molecule has 1 amide bonds. The Morgan fingerprint density at radius 1 is 1.23 bits per heavy atom. The van der Waals surface area contributed by atoms with Gasteiger partial charge in [-0.25, -0.2) is 0 Å². The first kappa shape index (κ1) is 18.7. The number of thioether (sulfide) groups is 1. The third-order valence-corrected chi connectivity index (χ3v) is 5.36. The van der Waals surface area contributed by atoms with Crippen molar-refractivity contribution in [1.29, 1.82) is 0 Å². The Hall–Kier alpha value is -2.05. The van der Waals surface area contributed by atoms with E-state index in [9.17, 15) is 9.59 Å². The van der Waals surface area contributed by atoms with E-state index in [1.807, 2.05) is 30.5 Å². The summed E-state index contributed by atoms with van der Waals surface area (Å²) in [6, 6.07) is 11.1. The summed E-state index contributed by atoms with van der Waals surface area (Å²) in [7, 11) is 1.58. The highest BCUT2D eigenvalue weighted by atomic mass is 32.2. The number of Topliss-reactive ketones (excluding diaryl/α,β-unsaturated/α-hetero) is 1. The second-order valence-electron chi connectivity index (χ2n) is 6.38. The monoisotopic (exact) mass is 373 g/mol. The lowest BCUT2D eigenvalue weighted by atomic mass is 9.90. The highest BCUT2D eigenvalue weighted by Gasteiger charge is 2.30. The van der Waals surface area contributed by atoms with Gasteiger partial charge in [0.15, 0.2) is 11.5 Å². The molecule has 2 aromatic rings. The molecule has 2 heterocycles. The first-order valence-electron chi connectivity index (χ1n) is 8.67. The zero-order chi connectivity index (χ0) is 18.5. The number of ketones is 1. The lowest BCUT2D eigenvalue weighted by Gasteiger charge is -2.31. The van der Waals surface area contributed by atoms with E-state index in [2.05, 4.69) is 0 Å². The standard InChI is InChI=1S/C20H23NO4S/c1-24-13-16-7-10-18(25-16)20(23)21-11-3-4-15(12-21)19(22)14-5-8-17(26-2)9-6-14/h5-10,15H,3-4,11-13H2,1-2H3/t15-/m1/s1. The van der Waals surface area contributed by atoms with Crippen LogP contribution in [-0.2, 0) is 11.3 Å². The Morgan fingerprint density at radius 3 is 2.69 bits per heavy atom. The first-order valence-corrected chi connectivity index (χ1v) is 9.90. The molecule has 6 heteroatoms. The zero-order valence-electron chi connectivity index (χ0n) is 15.1. The van der Waals surface area contributed by atoms with Crippen molar-refractivity contribution in [3.8, 4) is 0 Å². The topological polar surface area (TPSA) is 59.8 Å². The molecule has 1 atom stereocenters. The smallest absolute Gasteiger partial charge is 0.289 e. The lowest BCUT2D eigenvalue weighted by molar-refractivity contribution is 0.0605. The molecule has 0 unspecified atom stereocenters. The Kier molecular flexibility index (Phi) is 6.16. The highest BCUT2D eigenvalue weighted by molar-refractivity contribution is 7.98. The van der Waals surface area contributed by atoms with Crippen molar-refractivity contribution in [2.75, 3.05) is 26.5 Å².